The summed E-state index contributed by atoms with van der Waals surface area (Å²) in [7, 11) is 1.54. The number of thiophene rings is 1. The van der Waals surface area contributed by atoms with E-state index in [9.17, 15) is 14.4 Å². The molecule has 1 fully saturated rings. The smallest absolute Gasteiger partial charge is 0.338 e. The number of likely N-dealkylation sites (tertiary alicyclic amines) is 1. The lowest BCUT2D eigenvalue weighted by atomic mass is 10.0. The van der Waals surface area contributed by atoms with Crippen molar-refractivity contribution in [1.82, 2.24) is 10.2 Å². The van der Waals surface area contributed by atoms with Gasteiger partial charge in [0.05, 0.1) is 5.56 Å². The van der Waals surface area contributed by atoms with Gasteiger partial charge < -0.3 is 15.3 Å². The largest absolute Gasteiger partial charge is 0.478 e. The van der Waals surface area contributed by atoms with Crippen LogP contribution in [0.3, 0.4) is 0 Å². The van der Waals surface area contributed by atoms with Gasteiger partial charge in [0.1, 0.15) is 11.0 Å². The molecule has 7 nitrogen and oxygen atoms in total. The Kier molecular flexibility index (Phi) is 4.79. The zero-order valence-corrected chi connectivity index (χ0v) is 12.4. The molecule has 2 rings (SSSR count). The maximum atomic E-state index is 12.3. The summed E-state index contributed by atoms with van der Waals surface area (Å²) in [4.78, 5) is 36.7. The number of anilines is 1. The SMILES string of the molecule is CNC(=O)C1CCCCN1C(=O)Nc1sccc1C(=O)O. The summed E-state index contributed by atoms with van der Waals surface area (Å²) in [5.41, 5.74) is 0.0573. The highest BCUT2D eigenvalue weighted by molar-refractivity contribution is 7.14. The van der Waals surface area contributed by atoms with Crippen molar-refractivity contribution in [1.29, 1.82) is 0 Å². The van der Waals surface area contributed by atoms with Gasteiger partial charge in [-0.2, -0.15) is 0 Å². The third kappa shape index (κ3) is 3.33. The fourth-order valence-corrected chi connectivity index (χ4v) is 3.13. The minimum absolute atomic E-state index is 0.0573. The van der Waals surface area contributed by atoms with Crippen LogP contribution in [0.5, 0.6) is 0 Å². The van der Waals surface area contributed by atoms with Crippen molar-refractivity contribution in [2.24, 2.45) is 0 Å². The highest BCUT2D eigenvalue weighted by atomic mass is 32.1. The molecule has 1 aliphatic rings. The van der Waals surface area contributed by atoms with E-state index in [0.29, 0.717) is 13.0 Å². The molecule has 114 valence electrons. The van der Waals surface area contributed by atoms with Crippen LogP contribution in [0.1, 0.15) is 29.6 Å². The highest BCUT2D eigenvalue weighted by Crippen LogP contribution is 2.25. The molecule has 3 N–H and O–H groups in total. The summed E-state index contributed by atoms with van der Waals surface area (Å²) in [5, 5.41) is 16.1. The number of carbonyl (C=O) groups is 3. The summed E-state index contributed by atoms with van der Waals surface area (Å²) in [6.07, 6.45) is 2.34. The van der Waals surface area contributed by atoms with E-state index >= 15 is 0 Å². The number of nitrogens with one attached hydrogen (secondary N) is 2. The summed E-state index contributed by atoms with van der Waals surface area (Å²) >= 11 is 1.15. The molecule has 0 bridgehead atoms. The zero-order valence-electron chi connectivity index (χ0n) is 11.6. The maximum absolute atomic E-state index is 12.3. The van der Waals surface area contributed by atoms with Crippen LogP contribution < -0.4 is 10.6 Å². The van der Waals surface area contributed by atoms with E-state index in [-0.39, 0.29) is 16.5 Å². The van der Waals surface area contributed by atoms with Crippen LogP contribution in [0.25, 0.3) is 0 Å². The van der Waals surface area contributed by atoms with Crippen LogP contribution in [0.2, 0.25) is 0 Å². The van der Waals surface area contributed by atoms with Crippen LogP contribution in [0.15, 0.2) is 11.4 Å². The highest BCUT2D eigenvalue weighted by Gasteiger charge is 2.32. The van der Waals surface area contributed by atoms with E-state index in [0.717, 1.165) is 24.2 Å². The molecule has 1 atom stereocenters. The number of urea groups is 1. The molecule has 0 spiro atoms. The van der Waals surface area contributed by atoms with Crippen molar-refractivity contribution in [2.45, 2.75) is 25.3 Å². The second-order valence-corrected chi connectivity index (χ2v) is 5.63. The normalized spacial score (nSPS) is 18.1. The third-order valence-corrected chi connectivity index (χ3v) is 4.26. The number of aromatic carboxylic acids is 1. The quantitative estimate of drug-likeness (QED) is 0.789. The standard InChI is InChI=1S/C13H17N3O4S/c1-14-10(17)9-4-2-3-6-16(9)13(20)15-11-8(12(18)19)5-7-21-11/h5,7,9H,2-4,6H2,1H3,(H,14,17)(H,15,20)(H,18,19). The van der Waals surface area contributed by atoms with Gasteiger partial charge in [-0.15, -0.1) is 11.3 Å². The summed E-state index contributed by atoms with van der Waals surface area (Å²) < 4.78 is 0. The Morgan fingerprint density at radius 1 is 1.38 bits per heavy atom. The van der Waals surface area contributed by atoms with E-state index in [1.807, 2.05) is 0 Å². The van der Waals surface area contributed by atoms with Crippen molar-refractivity contribution in [2.75, 3.05) is 18.9 Å². The minimum Gasteiger partial charge on any atom is -0.478 e. The molecule has 8 heteroatoms. The van der Waals surface area contributed by atoms with Crippen LogP contribution in [0.4, 0.5) is 9.80 Å². The Balaban J connectivity index is 2.12. The average molecular weight is 311 g/mol. The van der Waals surface area contributed by atoms with Gasteiger partial charge in [0.2, 0.25) is 5.91 Å². The molecular weight excluding hydrogens is 294 g/mol. The monoisotopic (exact) mass is 311 g/mol. The van der Waals surface area contributed by atoms with E-state index in [1.165, 1.54) is 18.0 Å². The zero-order chi connectivity index (χ0) is 15.4. The van der Waals surface area contributed by atoms with Gasteiger partial charge in [-0.05, 0) is 30.7 Å². The molecule has 0 saturated carbocycles. The molecule has 0 aromatic carbocycles. The van der Waals surface area contributed by atoms with Crippen molar-refractivity contribution < 1.29 is 19.5 Å². The molecule has 1 aromatic rings. The molecular formula is C13H17N3O4S. The Labute approximate surface area is 125 Å². The van der Waals surface area contributed by atoms with Crippen molar-refractivity contribution in [3.05, 3.63) is 17.0 Å². The molecule has 1 unspecified atom stereocenters. The molecule has 1 aliphatic heterocycles. The van der Waals surface area contributed by atoms with E-state index < -0.39 is 18.0 Å². The number of hydrogen-bond donors (Lipinski definition) is 3. The maximum Gasteiger partial charge on any atom is 0.338 e. The number of amides is 3. The van der Waals surface area contributed by atoms with Gasteiger partial charge in [-0.1, -0.05) is 0 Å². The van der Waals surface area contributed by atoms with Crippen LogP contribution in [0, 0.1) is 0 Å². The predicted molar refractivity (Wildman–Crippen MR) is 78.7 cm³/mol. The molecule has 2 heterocycles. The number of carbonyl (C=O) groups excluding carboxylic acids is 2. The fraction of sp³-hybridized carbons (Fsp3) is 0.462. The van der Waals surface area contributed by atoms with E-state index in [4.69, 9.17) is 5.11 Å². The first-order valence-corrected chi connectivity index (χ1v) is 7.52. The number of rotatable bonds is 3. The third-order valence-electron chi connectivity index (χ3n) is 3.43. The molecule has 3 amide bonds. The predicted octanol–water partition coefficient (Wildman–Crippen LogP) is 1.58. The molecule has 1 saturated heterocycles. The number of nitrogens with zero attached hydrogens (tertiary/aromatic N) is 1. The summed E-state index contributed by atoms with van der Waals surface area (Å²) in [5.74, 6) is -1.29. The first kappa shape index (κ1) is 15.3. The van der Waals surface area contributed by atoms with Crippen LogP contribution in [-0.2, 0) is 4.79 Å². The summed E-state index contributed by atoms with van der Waals surface area (Å²) in [6, 6.07) is 0.500. The molecule has 0 aliphatic carbocycles. The molecule has 1 aromatic heterocycles. The number of carboxylic acids is 1. The van der Waals surface area contributed by atoms with Crippen molar-refractivity contribution in [3.8, 4) is 0 Å². The molecule has 0 radical (unpaired) electrons. The van der Waals surface area contributed by atoms with Crippen molar-refractivity contribution >= 4 is 34.2 Å². The summed E-state index contributed by atoms with van der Waals surface area (Å²) in [6.45, 7) is 0.484. The Hall–Kier alpha value is -2.09. The number of piperidine rings is 1. The Morgan fingerprint density at radius 3 is 2.81 bits per heavy atom. The lowest BCUT2D eigenvalue weighted by Crippen LogP contribution is -2.52. The lowest BCUT2D eigenvalue weighted by molar-refractivity contribution is -0.125. The number of likely N-dealkylation sites (N-methyl/N-ethyl adjacent to an activating group) is 1. The Morgan fingerprint density at radius 2 is 2.14 bits per heavy atom. The Bertz CT molecular complexity index is 557. The van der Waals surface area contributed by atoms with Crippen LogP contribution in [-0.4, -0.2) is 47.5 Å². The average Bonchev–Trinajstić information content (AvgIpc) is 2.94. The topological polar surface area (TPSA) is 98.7 Å². The lowest BCUT2D eigenvalue weighted by Gasteiger charge is -2.34. The minimum atomic E-state index is -1.09. The fourth-order valence-electron chi connectivity index (χ4n) is 2.36. The van der Waals surface area contributed by atoms with Gasteiger partial charge in [0.25, 0.3) is 0 Å². The van der Waals surface area contributed by atoms with Gasteiger partial charge in [0.15, 0.2) is 0 Å². The first-order valence-electron chi connectivity index (χ1n) is 6.64. The van der Waals surface area contributed by atoms with E-state index in [1.54, 1.807) is 5.38 Å². The van der Waals surface area contributed by atoms with Crippen molar-refractivity contribution in [3.63, 3.8) is 0 Å². The molecule has 21 heavy (non-hydrogen) atoms. The second-order valence-electron chi connectivity index (χ2n) is 4.72. The second kappa shape index (κ2) is 6.57. The number of carboxylic acid groups (broad SMARTS) is 1. The van der Waals surface area contributed by atoms with Crippen LogP contribution >= 0.6 is 11.3 Å². The first-order chi connectivity index (χ1) is 10.0. The van der Waals surface area contributed by atoms with Gasteiger partial charge in [0, 0.05) is 13.6 Å². The van der Waals surface area contributed by atoms with Gasteiger partial charge in [-0.3, -0.25) is 10.1 Å². The van der Waals surface area contributed by atoms with Gasteiger partial charge in [-0.25, -0.2) is 9.59 Å². The van der Waals surface area contributed by atoms with E-state index in [2.05, 4.69) is 10.6 Å². The number of hydrogen-bond acceptors (Lipinski definition) is 4. The van der Waals surface area contributed by atoms with Gasteiger partial charge >= 0.3 is 12.0 Å².